The van der Waals surface area contributed by atoms with E-state index in [9.17, 15) is 14.7 Å². The summed E-state index contributed by atoms with van der Waals surface area (Å²) < 4.78 is 1.04. The first-order valence-electron chi connectivity index (χ1n) is 14.1. The van der Waals surface area contributed by atoms with Gasteiger partial charge < -0.3 is 24.8 Å². The number of aliphatic carboxylic acids is 1. The van der Waals surface area contributed by atoms with Crippen molar-refractivity contribution in [1.82, 2.24) is 5.32 Å². The average Bonchev–Trinajstić information content (AvgIpc) is 2.79. The summed E-state index contributed by atoms with van der Waals surface area (Å²) in [6, 6.07) is 0. The Morgan fingerprint density at radius 1 is 0.765 bits per heavy atom. The van der Waals surface area contributed by atoms with Crippen LogP contribution >= 0.6 is 0 Å². The number of hydrogen-bond acceptors (Lipinski definition) is 4. The quantitative estimate of drug-likeness (QED) is 0.167. The van der Waals surface area contributed by atoms with Crippen molar-refractivity contribution in [1.29, 1.82) is 0 Å². The van der Waals surface area contributed by atoms with Crippen LogP contribution in [0.2, 0.25) is 0 Å². The largest absolute Gasteiger partial charge is 0.547 e. The predicted octanol–water partition coefficient (Wildman–Crippen LogP) is 4.97. The number of carboxylic acid groups (broad SMARTS) is 1. The standard InChI is InChI=1S/C25H52N2O.C3H6O3/c1-5-7-8-9-10-11-12-13-14-15-16-17-18-19-20-22-25(28)26-23-21-24-27(3,4)6-2;1-2(4)3(5)6/h5-24H2,1-4H3;2,4H,1H3,(H,5,6). The van der Waals surface area contributed by atoms with Gasteiger partial charge in [0.25, 0.3) is 0 Å². The number of rotatable bonds is 22. The maximum absolute atomic E-state index is 11.9. The van der Waals surface area contributed by atoms with Crippen LogP contribution in [0.15, 0.2) is 0 Å². The Kier molecular flexibility index (Phi) is 25.7. The van der Waals surface area contributed by atoms with Crippen LogP contribution in [0.3, 0.4) is 0 Å². The highest BCUT2D eigenvalue weighted by molar-refractivity contribution is 5.75. The molecule has 0 radical (unpaired) electrons. The first kappa shape index (κ1) is 35.0. The topological polar surface area (TPSA) is 89.5 Å². The molecule has 34 heavy (non-hydrogen) atoms. The SMILES string of the molecule is CC(O)C(=O)[O-].CCCCCCCCCCCCCCCCCC(=O)NCCC[N+](C)(C)CC. The molecular formula is C28H58N2O4. The molecule has 0 heterocycles. The van der Waals surface area contributed by atoms with E-state index >= 15 is 0 Å². The molecule has 0 aromatic carbocycles. The molecule has 0 aromatic heterocycles. The number of carboxylic acids is 1. The first-order chi connectivity index (χ1) is 16.2. The molecule has 6 nitrogen and oxygen atoms in total. The number of aliphatic hydroxyl groups excluding tert-OH is 1. The monoisotopic (exact) mass is 486 g/mol. The van der Waals surface area contributed by atoms with Gasteiger partial charge in [0.2, 0.25) is 5.91 Å². The maximum Gasteiger partial charge on any atom is 0.219 e. The third kappa shape index (κ3) is 28.9. The van der Waals surface area contributed by atoms with Gasteiger partial charge in [-0.15, -0.1) is 0 Å². The van der Waals surface area contributed by atoms with Gasteiger partial charge in [-0.25, -0.2) is 0 Å². The molecule has 1 atom stereocenters. The second kappa shape index (κ2) is 25.0. The molecule has 0 fully saturated rings. The number of amides is 1. The van der Waals surface area contributed by atoms with Crippen molar-refractivity contribution in [3.05, 3.63) is 0 Å². The number of aliphatic hydroxyl groups is 1. The Morgan fingerprint density at radius 2 is 1.15 bits per heavy atom. The van der Waals surface area contributed by atoms with Crippen molar-refractivity contribution in [2.24, 2.45) is 0 Å². The Morgan fingerprint density at radius 3 is 1.50 bits per heavy atom. The average molecular weight is 487 g/mol. The van der Waals surface area contributed by atoms with Gasteiger partial charge in [-0.1, -0.05) is 96.8 Å². The zero-order valence-corrected chi connectivity index (χ0v) is 23.3. The van der Waals surface area contributed by atoms with E-state index in [4.69, 9.17) is 5.11 Å². The lowest BCUT2D eigenvalue weighted by atomic mass is 10.0. The molecule has 204 valence electrons. The Balaban J connectivity index is 0. The number of hydrogen-bond donors (Lipinski definition) is 2. The van der Waals surface area contributed by atoms with E-state index in [1.165, 1.54) is 89.9 Å². The van der Waals surface area contributed by atoms with Gasteiger partial charge in [-0.2, -0.15) is 0 Å². The van der Waals surface area contributed by atoms with Gasteiger partial charge in [0.15, 0.2) is 0 Å². The Labute approximate surface area is 211 Å². The fourth-order valence-corrected chi connectivity index (χ4v) is 3.64. The van der Waals surface area contributed by atoms with Crippen LogP contribution in [0, 0.1) is 0 Å². The second-order valence-electron chi connectivity index (χ2n) is 10.4. The highest BCUT2D eigenvalue weighted by Crippen LogP contribution is 2.13. The number of nitrogens with zero attached hydrogens (tertiary/aromatic N) is 1. The smallest absolute Gasteiger partial charge is 0.219 e. The molecule has 2 N–H and O–H groups in total. The molecule has 0 spiro atoms. The second-order valence-corrected chi connectivity index (χ2v) is 10.4. The van der Waals surface area contributed by atoms with Crippen molar-refractivity contribution in [2.75, 3.05) is 33.7 Å². The first-order valence-corrected chi connectivity index (χ1v) is 14.1. The van der Waals surface area contributed by atoms with Gasteiger partial charge in [0.1, 0.15) is 0 Å². The van der Waals surface area contributed by atoms with E-state index in [0.29, 0.717) is 6.42 Å². The van der Waals surface area contributed by atoms with Crippen LogP contribution in [0.25, 0.3) is 0 Å². The van der Waals surface area contributed by atoms with Crippen LogP contribution in [0.4, 0.5) is 0 Å². The van der Waals surface area contributed by atoms with E-state index in [2.05, 4.69) is 33.3 Å². The number of carbonyl (C=O) groups is 2. The molecule has 6 heteroatoms. The lowest BCUT2D eigenvalue weighted by Gasteiger charge is -2.28. The van der Waals surface area contributed by atoms with Gasteiger partial charge in [-0.05, 0) is 20.3 Å². The Bertz CT molecular complexity index is 467. The Hall–Kier alpha value is -1.14. The van der Waals surface area contributed by atoms with Crippen LogP contribution in [0.5, 0.6) is 0 Å². The van der Waals surface area contributed by atoms with E-state index in [-0.39, 0.29) is 5.91 Å². The molecule has 0 aromatic rings. The molecule has 0 aliphatic rings. The van der Waals surface area contributed by atoms with Crippen molar-refractivity contribution < 1.29 is 24.3 Å². The zero-order valence-electron chi connectivity index (χ0n) is 23.3. The summed E-state index contributed by atoms with van der Waals surface area (Å²) in [6.45, 7) is 8.75. The summed E-state index contributed by atoms with van der Waals surface area (Å²) in [7, 11) is 4.49. The third-order valence-electron chi connectivity index (χ3n) is 6.47. The minimum Gasteiger partial charge on any atom is -0.547 e. The summed E-state index contributed by atoms with van der Waals surface area (Å²) >= 11 is 0. The lowest BCUT2D eigenvalue weighted by Crippen LogP contribution is -2.41. The maximum atomic E-state index is 11.9. The predicted molar refractivity (Wildman–Crippen MR) is 141 cm³/mol. The van der Waals surface area contributed by atoms with E-state index in [0.717, 1.165) is 43.9 Å². The highest BCUT2D eigenvalue weighted by Gasteiger charge is 2.10. The van der Waals surface area contributed by atoms with Gasteiger partial charge in [-0.3, -0.25) is 4.79 Å². The zero-order chi connectivity index (χ0) is 26.1. The molecule has 0 bridgehead atoms. The molecule has 0 saturated heterocycles. The van der Waals surface area contributed by atoms with Crippen molar-refractivity contribution in [2.45, 2.75) is 136 Å². The van der Waals surface area contributed by atoms with Crippen LogP contribution < -0.4 is 10.4 Å². The summed E-state index contributed by atoms with van der Waals surface area (Å²) in [5.41, 5.74) is 0. The lowest BCUT2D eigenvalue weighted by molar-refractivity contribution is -0.888. The van der Waals surface area contributed by atoms with Gasteiger partial charge in [0.05, 0.1) is 39.3 Å². The van der Waals surface area contributed by atoms with E-state index < -0.39 is 12.1 Å². The van der Waals surface area contributed by atoms with Gasteiger partial charge >= 0.3 is 0 Å². The molecule has 1 unspecified atom stereocenters. The van der Waals surface area contributed by atoms with E-state index in [1.807, 2.05) is 0 Å². The van der Waals surface area contributed by atoms with Crippen LogP contribution in [0.1, 0.15) is 130 Å². The fourth-order valence-electron chi connectivity index (χ4n) is 3.64. The summed E-state index contributed by atoms with van der Waals surface area (Å²) in [6.07, 6.45) is 21.0. The van der Waals surface area contributed by atoms with Crippen molar-refractivity contribution in [3.63, 3.8) is 0 Å². The van der Waals surface area contributed by atoms with Crippen molar-refractivity contribution >= 4 is 11.9 Å². The molecule has 0 saturated carbocycles. The molecule has 1 amide bonds. The number of quaternary nitrogens is 1. The summed E-state index contributed by atoms with van der Waals surface area (Å²) in [5.74, 6) is -1.19. The normalized spacial score (nSPS) is 12.1. The highest BCUT2D eigenvalue weighted by atomic mass is 16.4. The van der Waals surface area contributed by atoms with Gasteiger partial charge in [0, 0.05) is 19.4 Å². The fraction of sp³-hybridized carbons (Fsp3) is 0.929. The number of nitrogens with one attached hydrogen (secondary N) is 1. The van der Waals surface area contributed by atoms with E-state index in [1.54, 1.807) is 0 Å². The minimum atomic E-state index is -1.44. The number of carbonyl (C=O) groups excluding carboxylic acids is 2. The molecule has 0 aliphatic heterocycles. The van der Waals surface area contributed by atoms with Crippen molar-refractivity contribution in [3.8, 4) is 0 Å². The number of unbranched alkanes of at least 4 members (excludes halogenated alkanes) is 14. The molecular weight excluding hydrogens is 428 g/mol. The summed E-state index contributed by atoms with van der Waals surface area (Å²) in [4.78, 5) is 21.2. The summed E-state index contributed by atoms with van der Waals surface area (Å²) in [5, 5.41) is 20.4. The third-order valence-corrected chi connectivity index (χ3v) is 6.47. The minimum absolute atomic E-state index is 0.247. The molecule has 0 aliphatic carbocycles. The molecule has 0 rings (SSSR count). The van der Waals surface area contributed by atoms with Crippen LogP contribution in [-0.4, -0.2) is 61.3 Å². The van der Waals surface area contributed by atoms with Crippen LogP contribution in [-0.2, 0) is 9.59 Å².